The topological polar surface area (TPSA) is 76.3 Å². The lowest BCUT2D eigenvalue weighted by atomic mass is 10.3. The number of rotatable bonds is 5. The van der Waals surface area contributed by atoms with Crippen LogP contribution in [0.3, 0.4) is 0 Å². The third-order valence-electron chi connectivity index (χ3n) is 3.25. The maximum atomic E-state index is 12.5. The van der Waals surface area contributed by atoms with E-state index >= 15 is 0 Å². The van der Waals surface area contributed by atoms with Crippen LogP contribution in [-0.4, -0.2) is 25.1 Å². The van der Waals surface area contributed by atoms with Crippen molar-refractivity contribution in [3.63, 3.8) is 0 Å². The van der Waals surface area contributed by atoms with E-state index in [2.05, 4.69) is 9.75 Å². The predicted octanol–water partition coefficient (Wildman–Crippen LogP) is 2.36. The summed E-state index contributed by atoms with van der Waals surface area (Å²) in [6, 6.07) is 2.03. The smallest absolute Gasteiger partial charge is 0.187 e. The number of sulfone groups is 1. The summed E-state index contributed by atoms with van der Waals surface area (Å²) in [6.45, 7) is 0.651. The summed E-state index contributed by atoms with van der Waals surface area (Å²) in [4.78, 5) is 2.13. The number of nitrogens with zero attached hydrogens (tertiary/aromatic N) is 2. The number of hydrogen-bond acceptors (Lipinski definition) is 7. The molecule has 2 aromatic heterocycles. The fourth-order valence-electron chi connectivity index (χ4n) is 2.07. The zero-order chi connectivity index (χ0) is 14.3. The van der Waals surface area contributed by atoms with Gasteiger partial charge in [-0.2, -0.15) is 15.7 Å². The van der Waals surface area contributed by atoms with Gasteiger partial charge in [-0.25, -0.2) is 8.42 Å². The van der Waals surface area contributed by atoms with Gasteiger partial charge in [-0.05, 0) is 46.8 Å². The van der Waals surface area contributed by atoms with Gasteiger partial charge < -0.3 is 10.6 Å². The summed E-state index contributed by atoms with van der Waals surface area (Å²) < 4.78 is 29.0. The van der Waals surface area contributed by atoms with Crippen molar-refractivity contribution >= 4 is 43.5 Å². The molecular weight excluding hydrogens is 314 g/mol. The molecular formula is C12H15N3O2S3. The van der Waals surface area contributed by atoms with Crippen LogP contribution in [-0.2, 0) is 16.4 Å². The highest BCUT2D eigenvalue weighted by Gasteiger charge is 2.41. The zero-order valence-electron chi connectivity index (χ0n) is 10.9. The quantitative estimate of drug-likeness (QED) is 0.911. The lowest BCUT2D eigenvalue weighted by Gasteiger charge is -2.18. The van der Waals surface area contributed by atoms with E-state index < -0.39 is 9.84 Å². The second-order valence-corrected chi connectivity index (χ2v) is 8.63. The standard InChI is InChI=1S/C12H15N3O2S3/c1-15(6-8-4-5-18-7-8)12-10(11(13)14-19-12)20(16,17)9-2-3-9/h4-5,7,9H,2-3,6H2,1H3,(H2,13,14). The maximum Gasteiger partial charge on any atom is 0.187 e. The van der Waals surface area contributed by atoms with Crippen LogP contribution in [0.1, 0.15) is 18.4 Å². The van der Waals surface area contributed by atoms with E-state index in [1.54, 1.807) is 11.3 Å². The van der Waals surface area contributed by atoms with Crippen molar-refractivity contribution in [3.8, 4) is 0 Å². The molecule has 1 aliphatic carbocycles. The molecule has 2 N–H and O–H groups in total. The minimum atomic E-state index is -3.32. The molecule has 5 nitrogen and oxygen atoms in total. The molecule has 0 saturated heterocycles. The highest BCUT2D eigenvalue weighted by molar-refractivity contribution is 7.92. The van der Waals surface area contributed by atoms with Crippen LogP contribution >= 0.6 is 22.9 Å². The summed E-state index contributed by atoms with van der Waals surface area (Å²) in [6.07, 6.45) is 1.45. The third-order valence-corrected chi connectivity index (χ3v) is 7.41. The molecule has 0 atom stereocenters. The Morgan fingerprint density at radius 1 is 1.50 bits per heavy atom. The lowest BCUT2D eigenvalue weighted by molar-refractivity contribution is 0.595. The van der Waals surface area contributed by atoms with E-state index in [1.807, 2.05) is 23.4 Å². The maximum absolute atomic E-state index is 12.5. The minimum Gasteiger partial charge on any atom is -0.382 e. The molecule has 108 valence electrons. The number of thiophene rings is 1. The summed E-state index contributed by atoms with van der Waals surface area (Å²) in [5.41, 5.74) is 6.95. The fraction of sp³-hybridized carbons (Fsp3) is 0.417. The van der Waals surface area contributed by atoms with Gasteiger partial charge in [0.05, 0.1) is 5.25 Å². The molecule has 0 aromatic carbocycles. The van der Waals surface area contributed by atoms with Crippen LogP contribution in [0.15, 0.2) is 21.7 Å². The largest absolute Gasteiger partial charge is 0.382 e. The van der Waals surface area contributed by atoms with Crippen molar-refractivity contribution in [3.05, 3.63) is 22.4 Å². The molecule has 1 aliphatic rings. The zero-order valence-corrected chi connectivity index (χ0v) is 13.4. The summed E-state index contributed by atoms with van der Waals surface area (Å²) in [5, 5.41) is 4.43. The number of nitrogen functional groups attached to an aromatic ring is 1. The molecule has 20 heavy (non-hydrogen) atoms. The Balaban J connectivity index is 1.94. The third kappa shape index (κ3) is 2.43. The number of nitrogens with two attached hydrogens (primary N) is 1. The first-order valence-electron chi connectivity index (χ1n) is 6.21. The molecule has 3 rings (SSSR count). The second-order valence-electron chi connectivity index (χ2n) is 4.93. The average Bonchev–Trinajstić information content (AvgIpc) is 3.01. The highest BCUT2D eigenvalue weighted by atomic mass is 32.2. The van der Waals surface area contributed by atoms with Crippen molar-refractivity contribution in [1.29, 1.82) is 0 Å². The van der Waals surface area contributed by atoms with Crippen LogP contribution in [0.5, 0.6) is 0 Å². The monoisotopic (exact) mass is 329 g/mol. The van der Waals surface area contributed by atoms with Crippen LogP contribution in [0.2, 0.25) is 0 Å². The van der Waals surface area contributed by atoms with E-state index in [4.69, 9.17) is 5.73 Å². The molecule has 1 fully saturated rings. The second kappa shape index (κ2) is 5.01. The molecule has 0 radical (unpaired) electrons. The summed E-state index contributed by atoms with van der Waals surface area (Å²) in [5.74, 6) is 0.133. The average molecular weight is 329 g/mol. The van der Waals surface area contributed by atoms with Gasteiger partial charge in [-0.1, -0.05) is 0 Å². The van der Waals surface area contributed by atoms with E-state index in [9.17, 15) is 8.42 Å². The number of aromatic nitrogens is 1. The SMILES string of the molecule is CN(Cc1ccsc1)c1snc(N)c1S(=O)(=O)C1CC1. The molecule has 2 aromatic rings. The first kappa shape index (κ1) is 13.8. The van der Waals surface area contributed by atoms with Gasteiger partial charge in [-0.3, -0.25) is 0 Å². The lowest BCUT2D eigenvalue weighted by Crippen LogP contribution is -2.19. The number of anilines is 2. The van der Waals surface area contributed by atoms with Crippen molar-refractivity contribution in [2.75, 3.05) is 17.7 Å². The minimum absolute atomic E-state index is 0.133. The van der Waals surface area contributed by atoms with E-state index in [0.717, 1.165) is 29.9 Å². The highest BCUT2D eigenvalue weighted by Crippen LogP contribution is 2.42. The molecule has 0 bridgehead atoms. The van der Waals surface area contributed by atoms with E-state index in [0.29, 0.717) is 11.5 Å². The van der Waals surface area contributed by atoms with Crippen molar-refractivity contribution in [1.82, 2.24) is 4.37 Å². The molecule has 0 aliphatic heterocycles. The Morgan fingerprint density at radius 2 is 2.25 bits per heavy atom. The van der Waals surface area contributed by atoms with E-state index in [-0.39, 0.29) is 16.0 Å². The Morgan fingerprint density at radius 3 is 2.85 bits per heavy atom. The summed E-state index contributed by atoms with van der Waals surface area (Å²) in [7, 11) is -1.45. The molecule has 0 amide bonds. The normalized spacial score (nSPS) is 15.4. The van der Waals surface area contributed by atoms with Gasteiger partial charge in [0.2, 0.25) is 0 Å². The van der Waals surface area contributed by atoms with Crippen LogP contribution in [0.25, 0.3) is 0 Å². The Kier molecular flexibility index (Phi) is 3.47. The van der Waals surface area contributed by atoms with Gasteiger partial charge in [0.25, 0.3) is 0 Å². The predicted molar refractivity (Wildman–Crippen MR) is 83.2 cm³/mol. The van der Waals surface area contributed by atoms with Gasteiger partial charge in [0, 0.05) is 13.6 Å². The molecule has 2 heterocycles. The van der Waals surface area contributed by atoms with Gasteiger partial charge >= 0.3 is 0 Å². The van der Waals surface area contributed by atoms with Crippen LogP contribution in [0, 0.1) is 0 Å². The molecule has 0 spiro atoms. The Hall–Kier alpha value is -1.12. The van der Waals surface area contributed by atoms with Crippen molar-refractivity contribution < 1.29 is 8.42 Å². The van der Waals surface area contributed by atoms with Gasteiger partial charge in [0.15, 0.2) is 15.7 Å². The molecule has 8 heteroatoms. The van der Waals surface area contributed by atoms with Crippen LogP contribution < -0.4 is 10.6 Å². The van der Waals surface area contributed by atoms with Crippen LogP contribution in [0.4, 0.5) is 10.8 Å². The first-order chi connectivity index (χ1) is 9.50. The summed E-state index contributed by atoms with van der Waals surface area (Å²) >= 11 is 2.78. The fourth-order valence-corrected chi connectivity index (χ4v) is 5.74. The van der Waals surface area contributed by atoms with Gasteiger partial charge in [-0.15, -0.1) is 0 Å². The number of hydrogen-bond donors (Lipinski definition) is 1. The first-order valence-corrected chi connectivity index (χ1v) is 9.47. The van der Waals surface area contributed by atoms with E-state index in [1.165, 1.54) is 0 Å². The van der Waals surface area contributed by atoms with Gasteiger partial charge in [0.1, 0.15) is 9.90 Å². The van der Waals surface area contributed by atoms with Crippen molar-refractivity contribution in [2.24, 2.45) is 0 Å². The Labute approximate surface area is 126 Å². The molecule has 1 saturated carbocycles. The van der Waals surface area contributed by atoms with Crippen molar-refractivity contribution in [2.45, 2.75) is 29.5 Å². The Bertz CT molecular complexity index is 702. The molecule has 0 unspecified atom stereocenters.